The van der Waals surface area contributed by atoms with E-state index >= 15 is 0 Å². The molecule has 2 aromatic carbocycles. The van der Waals surface area contributed by atoms with Gasteiger partial charge in [-0.05, 0) is 63.2 Å². The van der Waals surface area contributed by atoms with Gasteiger partial charge in [0.1, 0.15) is 11.5 Å². The minimum absolute atomic E-state index is 0.0883. The standard InChI is InChI=1S/C22H27N3O3/c1-17-5-9-19(10-6-17)28-20-11-7-18(8-12-20)23-21(26)15-24(2)16-22(27)25-13-3-4-14-25/h5-12H,3-4,13-16H2,1-2H3,(H,23,26). The molecule has 0 aliphatic carbocycles. The van der Waals surface area contributed by atoms with Crippen LogP contribution in [0.1, 0.15) is 18.4 Å². The summed E-state index contributed by atoms with van der Waals surface area (Å²) in [6, 6.07) is 15.1. The fourth-order valence-corrected chi connectivity index (χ4v) is 3.15. The van der Waals surface area contributed by atoms with Gasteiger partial charge in [-0.2, -0.15) is 0 Å². The molecule has 2 amide bonds. The zero-order valence-electron chi connectivity index (χ0n) is 16.5. The molecule has 0 atom stereocenters. The van der Waals surface area contributed by atoms with E-state index in [4.69, 9.17) is 4.74 Å². The maximum Gasteiger partial charge on any atom is 0.238 e. The lowest BCUT2D eigenvalue weighted by Crippen LogP contribution is -2.40. The minimum Gasteiger partial charge on any atom is -0.457 e. The second-order valence-electron chi connectivity index (χ2n) is 7.25. The van der Waals surface area contributed by atoms with Gasteiger partial charge in [0.05, 0.1) is 13.1 Å². The minimum atomic E-state index is -0.149. The molecule has 0 saturated carbocycles. The zero-order chi connectivity index (χ0) is 19.9. The molecule has 0 spiro atoms. The van der Waals surface area contributed by atoms with Crippen LogP contribution in [0.4, 0.5) is 5.69 Å². The second-order valence-corrected chi connectivity index (χ2v) is 7.25. The molecule has 1 aliphatic heterocycles. The Morgan fingerprint density at radius 1 is 0.964 bits per heavy atom. The number of nitrogens with one attached hydrogen (secondary N) is 1. The van der Waals surface area contributed by atoms with Crippen molar-refractivity contribution < 1.29 is 14.3 Å². The van der Waals surface area contributed by atoms with Crippen LogP contribution in [0.3, 0.4) is 0 Å². The lowest BCUT2D eigenvalue weighted by atomic mass is 10.2. The molecule has 1 heterocycles. The summed E-state index contributed by atoms with van der Waals surface area (Å²) < 4.78 is 5.79. The van der Waals surface area contributed by atoms with Crippen LogP contribution in [0.2, 0.25) is 0 Å². The molecule has 2 aromatic rings. The van der Waals surface area contributed by atoms with Crippen molar-refractivity contribution in [2.75, 3.05) is 38.5 Å². The van der Waals surface area contributed by atoms with Crippen molar-refractivity contribution in [3.63, 3.8) is 0 Å². The van der Waals surface area contributed by atoms with Crippen molar-refractivity contribution in [3.8, 4) is 11.5 Å². The number of likely N-dealkylation sites (tertiary alicyclic amines) is 1. The lowest BCUT2D eigenvalue weighted by Gasteiger charge is -2.20. The maximum absolute atomic E-state index is 12.2. The number of likely N-dealkylation sites (N-methyl/N-ethyl adjacent to an activating group) is 1. The van der Waals surface area contributed by atoms with Crippen molar-refractivity contribution >= 4 is 17.5 Å². The van der Waals surface area contributed by atoms with Crippen molar-refractivity contribution in [1.82, 2.24) is 9.80 Å². The number of carbonyl (C=O) groups is 2. The summed E-state index contributed by atoms with van der Waals surface area (Å²) in [5.41, 5.74) is 1.87. The molecule has 6 heteroatoms. The zero-order valence-corrected chi connectivity index (χ0v) is 16.5. The van der Waals surface area contributed by atoms with Crippen LogP contribution >= 0.6 is 0 Å². The van der Waals surface area contributed by atoms with Gasteiger partial charge in [0.2, 0.25) is 11.8 Å². The van der Waals surface area contributed by atoms with E-state index in [1.165, 1.54) is 5.56 Å². The highest BCUT2D eigenvalue weighted by Crippen LogP contribution is 2.23. The number of ether oxygens (including phenoxy) is 1. The number of anilines is 1. The molecule has 0 bridgehead atoms. The summed E-state index contributed by atoms with van der Waals surface area (Å²) in [5, 5.41) is 2.85. The topological polar surface area (TPSA) is 61.9 Å². The highest BCUT2D eigenvalue weighted by atomic mass is 16.5. The molecule has 0 radical (unpaired) electrons. The van der Waals surface area contributed by atoms with Gasteiger partial charge in [0, 0.05) is 18.8 Å². The molecule has 148 valence electrons. The van der Waals surface area contributed by atoms with Crippen molar-refractivity contribution in [1.29, 1.82) is 0 Å². The third-order valence-electron chi connectivity index (χ3n) is 4.67. The fraction of sp³-hybridized carbons (Fsp3) is 0.364. The van der Waals surface area contributed by atoms with Crippen LogP contribution in [-0.4, -0.2) is 54.8 Å². The first kappa shape index (κ1) is 19.9. The summed E-state index contributed by atoms with van der Waals surface area (Å²) in [7, 11) is 1.78. The van der Waals surface area contributed by atoms with E-state index in [9.17, 15) is 9.59 Å². The number of rotatable bonds is 7. The average molecular weight is 381 g/mol. The van der Waals surface area contributed by atoms with Crippen LogP contribution in [0.15, 0.2) is 48.5 Å². The summed E-state index contributed by atoms with van der Waals surface area (Å²) >= 11 is 0. The number of hydrogen-bond acceptors (Lipinski definition) is 4. The first-order valence-corrected chi connectivity index (χ1v) is 9.60. The van der Waals surface area contributed by atoms with E-state index in [1.807, 2.05) is 48.2 Å². The molecule has 1 N–H and O–H groups in total. The van der Waals surface area contributed by atoms with Crippen LogP contribution in [-0.2, 0) is 9.59 Å². The summed E-state index contributed by atoms with van der Waals surface area (Å²) in [6.07, 6.45) is 2.14. The molecule has 0 unspecified atom stereocenters. The first-order valence-electron chi connectivity index (χ1n) is 9.60. The Morgan fingerprint density at radius 2 is 1.54 bits per heavy atom. The van der Waals surface area contributed by atoms with Gasteiger partial charge < -0.3 is 15.0 Å². The number of aryl methyl sites for hydroxylation is 1. The van der Waals surface area contributed by atoms with Crippen molar-refractivity contribution in [3.05, 3.63) is 54.1 Å². The Hall–Kier alpha value is -2.86. The van der Waals surface area contributed by atoms with E-state index in [0.717, 1.165) is 31.7 Å². The van der Waals surface area contributed by atoms with Crippen LogP contribution in [0.5, 0.6) is 11.5 Å². The molecule has 1 saturated heterocycles. The average Bonchev–Trinajstić information content (AvgIpc) is 3.20. The van der Waals surface area contributed by atoms with Gasteiger partial charge in [-0.3, -0.25) is 14.5 Å². The monoisotopic (exact) mass is 381 g/mol. The number of hydrogen-bond donors (Lipinski definition) is 1. The molecule has 6 nitrogen and oxygen atoms in total. The van der Waals surface area contributed by atoms with Crippen LogP contribution < -0.4 is 10.1 Å². The molecule has 0 aromatic heterocycles. The number of amides is 2. The van der Waals surface area contributed by atoms with Gasteiger partial charge in [-0.15, -0.1) is 0 Å². The highest BCUT2D eigenvalue weighted by molar-refractivity contribution is 5.92. The summed E-state index contributed by atoms with van der Waals surface area (Å²) in [5.74, 6) is 1.41. The Kier molecular flexibility index (Phi) is 6.66. The fourth-order valence-electron chi connectivity index (χ4n) is 3.15. The summed E-state index contributed by atoms with van der Waals surface area (Å²) in [4.78, 5) is 28.0. The quantitative estimate of drug-likeness (QED) is 0.800. The molecular formula is C22H27N3O3. The van der Waals surface area contributed by atoms with Crippen molar-refractivity contribution in [2.24, 2.45) is 0 Å². The van der Waals surface area contributed by atoms with Gasteiger partial charge in [0.15, 0.2) is 0 Å². The molecule has 28 heavy (non-hydrogen) atoms. The first-order chi connectivity index (χ1) is 13.5. The van der Waals surface area contributed by atoms with Crippen molar-refractivity contribution in [2.45, 2.75) is 19.8 Å². The van der Waals surface area contributed by atoms with Gasteiger partial charge in [-0.1, -0.05) is 17.7 Å². The largest absolute Gasteiger partial charge is 0.457 e. The van der Waals surface area contributed by atoms with Gasteiger partial charge >= 0.3 is 0 Å². The molecular weight excluding hydrogens is 354 g/mol. The normalized spacial score (nSPS) is 13.6. The van der Waals surface area contributed by atoms with E-state index < -0.39 is 0 Å². The van der Waals surface area contributed by atoms with E-state index in [2.05, 4.69) is 5.32 Å². The lowest BCUT2D eigenvalue weighted by molar-refractivity contribution is -0.131. The molecule has 3 rings (SSSR count). The second kappa shape index (κ2) is 9.37. The number of nitrogens with zero attached hydrogens (tertiary/aromatic N) is 2. The Morgan fingerprint density at radius 3 is 2.14 bits per heavy atom. The smallest absolute Gasteiger partial charge is 0.238 e. The molecule has 1 aliphatic rings. The van der Waals surface area contributed by atoms with E-state index in [1.54, 1.807) is 24.1 Å². The third-order valence-corrected chi connectivity index (χ3v) is 4.67. The predicted octanol–water partition coefficient (Wildman–Crippen LogP) is 3.28. The van der Waals surface area contributed by atoms with Crippen LogP contribution in [0, 0.1) is 6.92 Å². The SMILES string of the molecule is Cc1ccc(Oc2ccc(NC(=O)CN(C)CC(=O)N3CCCC3)cc2)cc1. The Labute approximate surface area is 166 Å². The van der Waals surface area contributed by atoms with Crippen LogP contribution in [0.25, 0.3) is 0 Å². The Balaban J connectivity index is 1.45. The number of benzene rings is 2. The predicted molar refractivity (Wildman–Crippen MR) is 110 cm³/mol. The maximum atomic E-state index is 12.2. The van der Waals surface area contributed by atoms with Gasteiger partial charge in [0.25, 0.3) is 0 Å². The van der Waals surface area contributed by atoms with Gasteiger partial charge in [-0.25, -0.2) is 0 Å². The number of carbonyl (C=O) groups excluding carboxylic acids is 2. The van der Waals surface area contributed by atoms with E-state index in [0.29, 0.717) is 11.4 Å². The summed E-state index contributed by atoms with van der Waals surface area (Å²) in [6.45, 7) is 4.12. The highest BCUT2D eigenvalue weighted by Gasteiger charge is 2.19. The van der Waals surface area contributed by atoms with E-state index in [-0.39, 0.29) is 24.9 Å². The Bertz CT molecular complexity index is 797. The third kappa shape index (κ3) is 5.82. The molecule has 1 fully saturated rings.